The third-order valence-electron chi connectivity index (χ3n) is 7.52. The van der Waals surface area contributed by atoms with Gasteiger partial charge in [-0.2, -0.15) is 17.1 Å². The van der Waals surface area contributed by atoms with E-state index in [1.54, 1.807) is 0 Å². The standard InChI is InChI=1S/C36H24N4O2.Pt/c1-38-33-16-7-8-17-34(33)40(42-38)27-12-9-13-28(23-27)41-29-18-19-31-30-14-5-6-15-32(30)39(35(31)24-29)36-22-26(20-21-37-36)25-10-3-2-4-11-25;/h2-22H,1H3;/q-2;/p+1. The zero-order valence-corrected chi connectivity index (χ0v) is 25.4. The van der Waals surface area contributed by atoms with Gasteiger partial charge in [0.25, 0.3) is 0 Å². The van der Waals surface area contributed by atoms with Gasteiger partial charge < -0.3 is 9.30 Å². The Morgan fingerprint density at radius 2 is 1.44 bits per heavy atom. The second-order valence-electron chi connectivity index (χ2n) is 10.1. The summed E-state index contributed by atoms with van der Waals surface area (Å²) in [5.41, 5.74) is 7.03. The quantitative estimate of drug-likeness (QED) is 0.131. The number of para-hydroxylation sites is 3. The van der Waals surface area contributed by atoms with E-state index in [-0.39, 0.29) is 21.1 Å². The minimum atomic E-state index is 0. The molecule has 8 rings (SSSR count). The van der Waals surface area contributed by atoms with Crippen molar-refractivity contribution in [2.24, 2.45) is 0 Å². The molecule has 43 heavy (non-hydrogen) atoms. The summed E-state index contributed by atoms with van der Waals surface area (Å²) >= 11 is 0. The smallest absolute Gasteiger partial charge is 0.145 e. The molecular formula is C36H25N4O2Pt-. The molecule has 0 aliphatic carbocycles. The molecule has 0 spiro atoms. The molecule has 1 aliphatic heterocycles. The topological polar surface area (TPSA) is 46.3 Å². The number of rotatable bonds is 5. The monoisotopic (exact) mass is 740 g/mol. The molecule has 0 saturated carbocycles. The molecule has 0 atom stereocenters. The van der Waals surface area contributed by atoms with Gasteiger partial charge in [-0.05, 0) is 46.8 Å². The summed E-state index contributed by atoms with van der Waals surface area (Å²) in [7, 11) is 1.94. The summed E-state index contributed by atoms with van der Waals surface area (Å²) < 4.78 is 8.51. The molecule has 0 bridgehead atoms. The first-order chi connectivity index (χ1) is 20.7. The van der Waals surface area contributed by atoms with Crippen LogP contribution in [-0.2, 0) is 21.1 Å². The molecule has 6 nitrogen and oxygen atoms in total. The van der Waals surface area contributed by atoms with E-state index in [0.29, 0.717) is 11.5 Å². The maximum absolute atomic E-state index is 6.35. The van der Waals surface area contributed by atoms with Crippen LogP contribution in [0.5, 0.6) is 11.5 Å². The van der Waals surface area contributed by atoms with Gasteiger partial charge in [-0.1, -0.05) is 66.2 Å². The average molecular weight is 741 g/mol. The number of fused-ring (bicyclic) bond motifs is 4. The fourth-order valence-corrected chi connectivity index (χ4v) is 5.59. The zero-order valence-electron chi connectivity index (χ0n) is 23.1. The molecule has 7 heteroatoms. The molecule has 1 aliphatic rings. The van der Waals surface area contributed by atoms with Crippen molar-refractivity contribution in [2.45, 2.75) is 0 Å². The molecule has 212 valence electrons. The van der Waals surface area contributed by atoms with Crippen LogP contribution in [-0.4, -0.2) is 21.5 Å². The molecule has 5 aromatic carbocycles. The average Bonchev–Trinajstić information content (AvgIpc) is 3.56. The first-order valence-electron chi connectivity index (χ1n) is 13.7. The first-order valence-corrected chi connectivity index (χ1v) is 13.7. The van der Waals surface area contributed by atoms with Crippen molar-refractivity contribution in [3.05, 3.63) is 140 Å². The summed E-state index contributed by atoms with van der Waals surface area (Å²) in [6, 6.07) is 47.8. The normalized spacial score (nSPS) is 12.4. The number of hydrogen-bond acceptors (Lipinski definition) is 4. The summed E-state index contributed by atoms with van der Waals surface area (Å²) in [6.45, 7) is 0. The van der Waals surface area contributed by atoms with E-state index in [0.717, 1.165) is 55.8 Å². The van der Waals surface area contributed by atoms with E-state index in [4.69, 9.17) is 9.72 Å². The summed E-state index contributed by atoms with van der Waals surface area (Å²) in [5.74, 6) is 2.00. The van der Waals surface area contributed by atoms with E-state index in [1.165, 1.54) is 0 Å². The third kappa shape index (κ3) is 4.75. The fourth-order valence-electron chi connectivity index (χ4n) is 5.59. The van der Waals surface area contributed by atoms with E-state index >= 15 is 0 Å². The number of pyridine rings is 1. The predicted molar refractivity (Wildman–Crippen MR) is 167 cm³/mol. The Hall–Kier alpha value is -4.90. The Balaban J connectivity index is 0.00000300. The molecule has 0 amide bonds. The van der Waals surface area contributed by atoms with Gasteiger partial charge in [0.2, 0.25) is 0 Å². The molecular weight excluding hydrogens is 716 g/mol. The van der Waals surface area contributed by atoms with Crippen LogP contribution >= 0.6 is 0 Å². The summed E-state index contributed by atoms with van der Waals surface area (Å²) in [5, 5.41) is 5.95. The Kier molecular flexibility index (Phi) is 6.94. The van der Waals surface area contributed by atoms with Crippen LogP contribution in [0.2, 0.25) is 0 Å². The third-order valence-corrected chi connectivity index (χ3v) is 7.52. The number of hydroxylamine groups is 1. The largest absolute Gasteiger partial charge is 0.509 e. The maximum atomic E-state index is 6.35. The van der Waals surface area contributed by atoms with Crippen LogP contribution in [0.1, 0.15) is 0 Å². The second-order valence-corrected chi connectivity index (χ2v) is 10.1. The van der Waals surface area contributed by atoms with Crippen LogP contribution in [0, 0.1) is 12.1 Å². The number of ether oxygens (including phenoxy) is 1. The Labute approximate surface area is 263 Å². The minimum Gasteiger partial charge on any atom is -0.509 e. The summed E-state index contributed by atoms with van der Waals surface area (Å²) in [4.78, 5) is 9.45. The van der Waals surface area contributed by atoms with Gasteiger partial charge in [0.15, 0.2) is 0 Å². The minimum absolute atomic E-state index is 0. The molecule has 0 fully saturated rings. The number of hydrogen-bond donors (Lipinski definition) is 0. The molecule has 0 unspecified atom stereocenters. The van der Waals surface area contributed by atoms with Gasteiger partial charge in [0.1, 0.15) is 17.2 Å². The number of anilines is 3. The number of aromatic nitrogens is 2. The van der Waals surface area contributed by atoms with Crippen molar-refractivity contribution in [1.82, 2.24) is 9.55 Å². The van der Waals surface area contributed by atoms with Crippen LogP contribution < -0.4 is 14.9 Å². The number of nitrogens with zero attached hydrogens (tertiary/aromatic N) is 4. The van der Waals surface area contributed by atoms with Crippen molar-refractivity contribution in [3.63, 3.8) is 0 Å². The van der Waals surface area contributed by atoms with Gasteiger partial charge >= 0.3 is 0 Å². The van der Waals surface area contributed by atoms with Crippen molar-refractivity contribution < 1.29 is 30.7 Å². The van der Waals surface area contributed by atoms with Gasteiger partial charge in [-0.3, -0.25) is 0 Å². The van der Waals surface area contributed by atoms with Gasteiger partial charge in [-0.25, -0.2) is 4.98 Å². The molecule has 7 aromatic rings. The maximum Gasteiger partial charge on any atom is 0.145 e. The Bertz CT molecular complexity index is 2090. The van der Waals surface area contributed by atoms with Crippen molar-refractivity contribution in [2.75, 3.05) is 17.2 Å². The van der Waals surface area contributed by atoms with E-state index in [2.05, 4.69) is 70.2 Å². The Morgan fingerprint density at radius 1 is 0.674 bits per heavy atom. The molecule has 0 saturated heterocycles. The van der Waals surface area contributed by atoms with E-state index in [1.807, 2.05) is 96.2 Å². The van der Waals surface area contributed by atoms with Crippen molar-refractivity contribution in [1.29, 1.82) is 0 Å². The summed E-state index contributed by atoms with van der Waals surface area (Å²) in [6.07, 6.45) is 1.86. The molecule has 0 radical (unpaired) electrons. The molecule has 3 heterocycles. The zero-order chi connectivity index (χ0) is 28.0. The fraction of sp³-hybridized carbons (Fsp3) is 0.0278. The van der Waals surface area contributed by atoms with Crippen LogP contribution in [0.3, 0.4) is 0 Å². The van der Waals surface area contributed by atoms with Gasteiger partial charge in [0.05, 0.1) is 7.05 Å². The van der Waals surface area contributed by atoms with Crippen molar-refractivity contribution in [3.8, 4) is 28.4 Å². The second kappa shape index (κ2) is 11.1. The SMILES string of the molecule is CN1[OH+]N(c2[c-]c(Oc3[c-]c4c(cc3)c3ccccc3n4-c3cc(-c4ccccc4)ccn3)ccc2)c2ccccc21.[Pt]. The number of benzene rings is 5. The molecule has 2 aromatic heterocycles. The van der Waals surface area contributed by atoms with Crippen LogP contribution in [0.25, 0.3) is 38.8 Å². The van der Waals surface area contributed by atoms with E-state index in [9.17, 15) is 0 Å². The van der Waals surface area contributed by atoms with Gasteiger partial charge in [-0.15, -0.1) is 45.8 Å². The van der Waals surface area contributed by atoms with Gasteiger partial charge in [0, 0.05) is 50.0 Å². The molecule has 1 N–H and O–H groups in total. The first kappa shape index (κ1) is 27.0. The van der Waals surface area contributed by atoms with Crippen molar-refractivity contribution >= 4 is 38.9 Å². The van der Waals surface area contributed by atoms with E-state index < -0.39 is 0 Å². The predicted octanol–water partition coefficient (Wildman–Crippen LogP) is 8.66. The Morgan fingerprint density at radius 3 is 2.33 bits per heavy atom. The van der Waals surface area contributed by atoms with Crippen LogP contribution in [0.15, 0.2) is 128 Å². The van der Waals surface area contributed by atoms with Crippen LogP contribution in [0.4, 0.5) is 17.1 Å².